The Morgan fingerprint density at radius 1 is 1.54 bits per heavy atom. The highest BCUT2D eigenvalue weighted by Crippen LogP contribution is 2.24. The Labute approximate surface area is 74.0 Å². The van der Waals surface area contributed by atoms with Crippen molar-refractivity contribution in [1.29, 1.82) is 0 Å². The molecule has 0 unspecified atom stereocenters. The van der Waals surface area contributed by atoms with E-state index in [1.54, 1.807) is 0 Å². The van der Waals surface area contributed by atoms with Crippen LogP contribution in [0.3, 0.4) is 0 Å². The molecule has 0 bridgehead atoms. The summed E-state index contributed by atoms with van der Waals surface area (Å²) in [6.07, 6.45) is 0.952. The number of carboxylic acid groups (broad SMARTS) is 1. The lowest BCUT2D eigenvalue weighted by molar-refractivity contribution is 0.0680. The molecule has 0 amide bonds. The van der Waals surface area contributed by atoms with E-state index in [1.165, 1.54) is 11.7 Å². The molecule has 0 fully saturated rings. The fraction of sp³-hybridized carbons (Fsp3) is 0.375. The van der Waals surface area contributed by atoms with Crippen molar-refractivity contribution in [2.45, 2.75) is 12.8 Å². The molecule has 5 nitrogen and oxygen atoms in total. The van der Waals surface area contributed by atoms with Crippen LogP contribution in [0.2, 0.25) is 0 Å². The topological polar surface area (TPSA) is 72.2 Å². The zero-order valence-electron chi connectivity index (χ0n) is 7.07. The Bertz CT molecular complexity index is 406. The van der Waals surface area contributed by atoms with Gasteiger partial charge in [0.1, 0.15) is 0 Å². The van der Waals surface area contributed by atoms with E-state index in [1.807, 2.05) is 0 Å². The number of hydrogen-bond acceptors (Lipinski definition) is 3. The van der Waals surface area contributed by atoms with Gasteiger partial charge >= 0.3 is 5.97 Å². The van der Waals surface area contributed by atoms with Crippen LogP contribution in [0.1, 0.15) is 33.0 Å². The number of carboxylic acids is 1. The molecule has 1 N–H and O–H groups in total. The van der Waals surface area contributed by atoms with E-state index >= 15 is 0 Å². The lowest BCUT2D eigenvalue weighted by Crippen LogP contribution is -2.10. The molecule has 0 saturated carbocycles. The number of aromatic nitrogens is 2. The number of ketones is 1. The quantitative estimate of drug-likeness (QED) is 0.672. The van der Waals surface area contributed by atoms with Crippen molar-refractivity contribution < 1.29 is 14.7 Å². The van der Waals surface area contributed by atoms with Gasteiger partial charge < -0.3 is 5.11 Å². The number of carbonyl (C=O) groups excluding carboxylic acids is 1. The molecule has 1 heterocycles. The minimum atomic E-state index is -1.09. The van der Waals surface area contributed by atoms with Gasteiger partial charge in [0, 0.05) is 13.5 Å². The predicted molar refractivity (Wildman–Crippen MR) is 42.8 cm³/mol. The molecule has 1 aliphatic carbocycles. The van der Waals surface area contributed by atoms with Crippen molar-refractivity contribution in [1.82, 2.24) is 9.78 Å². The average molecular weight is 180 g/mol. The Morgan fingerprint density at radius 3 is 2.85 bits per heavy atom. The van der Waals surface area contributed by atoms with E-state index in [2.05, 4.69) is 5.10 Å². The number of hydrogen-bond donors (Lipinski definition) is 1. The molecule has 0 aromatic carbocycles. The van der Waals surface area contributed by atoms with Crippen LogP contribution < -0.4 is 0 Å². The Balaban J connectivity index is 2.68. The van der Waals surface area contributed by atoms with Gasteiger partial charge in [0.15, 0.2) is 11.5 Å². The predicted octanol–water partition coefficient (Wildman–Crippen LogP) is 0.247. The van der Waals surface area contributed by atoms with E-state index in [-0.39, 0.29) is 11.5 Å². The van der Waals surface area contributed by atoms with Gasteiger partial charge in [-0.15, -0.1) is 0 Å². The van der Waals surface area contributed by atoms with Crippen LogP contribution in [-0.4, -0.2) is 26.6 Å². The number of rotatable bonds is 1. The Kier molecular flexibility index (Phi) is 1.48. The number of carbonyl (C=O) groups is 2. The van der Waals surface area contributed by atoms with Gasteiger partial charge in [0.05, 0.1) is 11.3 Å². The SMILES string of the molecule is Cn1nc2c(c1C(=O)O)C(=O)CC2. The molecule has 13 heavy (non-hydrogen) atoms. The van der Waals surface area contributed by atoms with Crippen molar-refractivity contribution in [3.8, 4) is 0 Å². The molecular weight excluding hydrogens is 172 g/mol. The first kappa shape index (κ1) is 7.97. The molecule has 1 aromatic heterocycles. The lowest BCUT2D eigenvalue weighted by Gasteiger charge is -1.96. The third-order valence-corrected chi connectivity index (χ3v) is 2.19. The first-order valence-corrected chi connectivity index (χ1v) is 3.93. The normalized spacial score (nSPS) is 14.7. The van der Waals surface area contributed by atoms with Gasteiger partial charge in [-0.3, -0.25) is 9.48 Å². The molecule has 0 radical (unpaired) electrons. The standard InChI is InChI=1S/C8H8N2O3/c1-10-7(8(12)13)6-4(9-10)2-3-5(6)11/h2-3H2,1H3,(H,12,13). The Hall–Kier alpha value is -1.65. The van der Waals surface area contributed by atoms with Crippen LogP contribution in [0.5, 0.6) is 0 Å². The number of nitrogens with zero attached hydrogens (tertiary/aromatic N) is 2. The van der Waals surface area contributed by atoms with E-state index in [4.69, 9.17) is 5.11 Å². The van der Waals surface area contributed by atoms with Gasteiger partial charge in [0.25, 0.3) is 0 Å². The van der Waals surface area contributed by atoms with E-state index in [0.717, 1.165) is 0 Å². The van der Waals surface area contributed by atoms with Crippen LogP contribution in [-0.2, 0) is 13.5 Å². The maximum atomic E-state index is 11.3. The van der Waals surface area contributed by atoms with Gasteiger partial charge in [-0.05, 0) is 6.42 Å². The molecule has 2 rings (SSSR count). The van der Waals surface area contributed by atoms with Gasteiger partial charge in [0.2, 0.25) is 0 Å². The molecule has 0 aliphatic heterocycles. The first-order chi connectivity index (χ1) is 6.11. The monoisotopic (exact) mass is 180 g/mol. The molecule has 1 aliphatic rings. The largest absolute Gasteiger partial charge is 0.477 e. The second-order valence-corrected chi connectivity index (χ2v) is 3.02. The summed E-state index contributed by atoms with van der Waals surface area (Å²) >= 11 is 0. The summed E-state index contributed by atoms with van der Waals surface area (Å²) in [6.45, 7) is 0. The average Bonchev–Trinajstić information content (AvgIpc) is 2.51. The van der Waals surface area contributed by atoms with E-state index < -0.39 is 5.97 Å². The van der Waals surface area contributed by atoms with Crippen LogP contribution in [0.4, 0.5) is 0 Å². The molecule has 0 spiro atoms. The van der Waals surface area contributed by atoms with Crippen LogP contribution in [0.15, 0.2) is 0 Å². The van der Waals surface area contributed by atoms with Crippen molar-refractivity contribution in [2.24, 2.45) is 7.05 Å². The molecule has 1 aromatic rings. The number of aryl methyl sites for hydroxylation is 2. The maximum absolute atomic E-state index is 11.3. The fourth-order valence-corrected chi connectivity index (χ4v) is 1.65. The second-order valence-electron chi connectivity index (χ2n) is 3.02. The van der Waals surface area contributed by atoms with Crippen molar-refractivity contribution in [3.63, 3.8) is 0 Å². The van der Waals surface area contributed by atoms with Crippen LogP contribution in [0.25, 0.3) is 0 Å². The summed E-state index contributed by atoms with van der Waals surface area (Å²) in [5, 5.41) is 12.8. The smallest absolute Gasteiger partial charge is 0.354 e. The summed E-state index contributed by atoms with van der Waals surface area (Å²) in [7, 11) is 1.54. The molecule has 0 saturated heterocycles. The first-order valence-electron chi connectivity index (χ1n) is 3.93. The van der Waals surface area contributed by atoms with Gasteiger partial charge in [-0.1, -0.05) is 0 Å². The molecule has 68 valence electrons. The number of fused-ring (bicyclic) bond motifs is 1. The van der Waals surface area contributed by atoms with E-state index in [0.29, 0.717) is 24.1 Å². The van der Waals surface area contributed by atoms with E-state index in [9.17, 15) is 9.59 Å². The molecular formula is C8H8N2O3. The van der Waals surface area contributed by atoms with Crippen molar-refractivity contribution >= 4 is 11.8 Å². The summed E-state index contributed by atoms with van der Waals surface area (Å²) in [4.78, 5) is 22.1. The summed E-state index contributed by atoms with van der Waals surface area (Å²) in [5.41, 5.74) is 0.928. The Morgan fingerprint density at radius 2 is 2.23 bits per heavy atom. The second kappa shape index (κ2) is 2.42. The van der Waals surface area contributed by atoms with Crippen LogP contribution in [0, 0.1) is 0 Å². The highest BCUT2D eigenvalue weighted by molar-refractivity contribution is 6.07. The third-order valence-electron chi connectivity index (χ3n) is 2.19. The summed E-state index contributed by atoms with van der Waals surface area (Å²) in [5.74, 6) is -1.20. The van der Waals surface area contributed by atoms with Gasteiger partial charge in [-0.2, -0.15) is 5.10 Å². The maximum Gasteiger partial charge on any atom is 0.354 e. The minimum absolute atomic E-state index is 0.0116. The van der Waals surface area contributed by atoms with Crippen LogP contribution >= 0.6 is 0 Å². The lowest BCUT2D eigenvalue weighted by atomic mass is 10.2. The molecule has 0 atom stereocenters. The highest BCUT2D eigenvalue weighted by Gasteiger charge is 2.30. The highest BCUT2D eigenvalue weighted by atomic mass is 16.4. The minimum Gasteiger partial charge on any atom is -0.477 e. The van der Waals surface area contributed by atoms with Gasteiger partial charge in [-0.25, -0.2) is 4.79 Å². The summed E-state index contributed by atoms with van der Waals surface area (Å²) < 4.78 is 1.25. The number of aromatic carboxylic acids is 1. The number of Topliss-reactive ketones (excluding diaryl/α,β-unsaturated/α-hetero) is 1. The third kappa shape index (κ3) is 0.965. The fourth-order valence-electron chi connectivity index (χ4n) is 1.65. The zero-order chi connectivity index (χ0) is 9.59. The van der Waals surface area contributed by atoms with Crippen molar-refractivity contribution in [3.05, 3.63) is 17.0 Å². The van der Waals surface area contributed by atoms with Crippen molar-refractivity contribution in [2.75, 3.05) is 0 Å². The molecule has 5 heteroatoms. The zero-order valence-corrected chi connectivity index (χ0v) is 7.07. The summed E-state index contributed by atoms with van der Waals surface area (Å²) in [6, 6.07) is 0.